The van der Waals surface area contributed by atoms with E-state index in [0.29, 0.717) is 10.9 Å². The summed E-state index contributed by atoms with van der Waals surface area (Å²) in [5.74, 6) is -0.121. The van der Waals surface area contributed by atoms with Crippen molar-refractivity contribution in [1.29, 1.82) is 0 Å². The molecule has 100 valence electrons. The van der Waals surface area contributed by atoms with Gasteiger partial charge in [0, 0.05) is 6.92 Å². The molecule has 19 heavy (non-hydrogen) atoms. The summed E-state index contributed by atoms with van der Waals surface area (Å²) < 4.78 is 5.04. The summed E-state index contributed by atoms with van der Waals surface area (Å²) in [6, 6.07) is 9.39. The summed E-state index contributed by atoms with van der Waals surface area (Å²) in [6.45, 7) is 1.57. The molecule has 1 aromatic carbocycles. The minimum absolute atomic E-state index is 0.146. The zero-order chi connectivity index (χ0) is 13.7. The molecule has 1 N–H and O–H groups in total. The zero-order valence-electron chi connectivity index (χ0n) is 10.5. The fraction of sp³-hybridized carbons (Fsp3) is 0.308. The highest BCUT2D eigenvalue weighted by atomic mass is 32.2. The highest BCUT2D eigenvalue weighted by Crippen LogP contribution is 2.18. The van der Waals surface area contributed by atoms with Gasteiger partial charge < -0.3 is 10.1 Å². The Morgan fingerprint density at radius 1 is 1.47 bits per heavy atom. The number of carbonyl (C=O) groups is 2. The number of hydrogen-bond acceptors (Lipinski definition) is 5. The number of amidine groups is 1. The molecule has 0 spiro atoms. The van der Waals surface area contributed by atoms with Gasteiger partial charge in [0.15, 0.2) is 5.17 Å². The van der Waals surface area contributed by atoms with Gasteiger partial charge >= 0.3 is 5.97 Å². The molecule has 0 saturated carbocycles. The molecular formula is C13H14N2O3S. The number of hydrogen-bond donors (Lipinski definition) is 1. The highest BCUT2D eigenvalue weighted by molar-refractivity contribution is 8.14. The molecule has 0 aromatic heterocycles. The van der Waals surface area contributed by atoms with Crippen LogP contribution in [0.1, 0.15) is 18.5 Å². The molecule has 1 heterocycles. The van der Waals surface area contributed by atoms with Crippen molar-refractivity contribution >= 4 is 28.8 Å². The van der Waals surface area contributed by atoms with E-state index < -0.39 is 0 Å². The van der Waals surface area contributed by atoms with Gasteiger partial charge in [-0.3, -0.25) is 9.59 Å². The number of benzene rings is 1. The molecule has 5 nitrogen and oxygen atoms in total. The van der Waals surface area contributed by atoms with E-state index >= 15 is 0 Å². The number of aliphatic imine (C=N–C) groups is 1. The van der Waals surface area contributed by atoms with Gasteiger partial charge in [-0.15, -0.1) is 0 Å². The number of nitrogens with zero attached hydrogens (tertiary/aromatic N) is 1. The number of carbonyl (C=O) groups excluding carboxylic acids is 2. The second-order valence-corrected chi connectivity index (χ2v) is 4.97. The number of thioether (sulfide) groups is 1. The highest BCUT2D eigenvalue weighted by Gasteiger charge is 2.20. The lowest BCUT2D eigenvalue weighted by atomic mass is 10.1. The van der Waals surface area contributed by atoms with Gasteiger partial charge in [0.25, 0.3) is 5.91 Å². The van der Waals surface area contributed by atoms with Crippen LogP contribution in [0.4, 0.5) is 0 Å². The first-order chi connectivity index (χ1) is 9.15. The van der Waals surface area contributed by atoms with Gasteiger partial charge in [-0.25, -0.2) is 0 Å². The summed E-state index contributed by atoms with van der Waals surface area (Å²) in [5.41, 5.74) is 0.978. The van der Waals surface area contributed by atoms with E-state index in [-0.39, 0.29) is 24.5 Å². The number of rotatable bonds is 4. The molecule has 0 unspecified atom stereocenters. The SMILES string of the molecule is CC(=O)OC[C@H](NC1=NC(=O)CS1)c1ccccc1. The zero-order valence-corrected chi connectivity index (χ0v) is 11.3. The molecule has 0 saturated heterocycles. The quantitative estimate of drug-likeness (QED) is 0.846. The number of esters is 1. The predicted molar refractivity (Wildman–Crippen MR) is 73.9 cm³/mol. The first-order valence-electron chi connectivity index (χ1n) is 5.84. The molecule has 2 rings (SSSR count). The molecule has 1 atom stereocenters. The lowest BCUT2D eigenvalue weighted by Crippen LogP contribution is -2.29. The topological polar surface area (TPSA) is 67.8 Å². The van der Waals surface area contributed by atoms with Crippen molar-refractivity contribution in [1.82, 2.24) is 5.32 Å². The molecule has 1 aliphatic heterocycles. The van der Waals surface area contributed by atoms with E-state index in [9.17, 15) is 9.59 Å². The second kappa shape index (κ2) is 6.38. The maximum absolute atomic E-state index is 11.1. The summed E-state index contributed by atoms with van der Waals surface area (Å²) >= 11 is 1.36. The van der Waals surface area contributed by atoms with E-state index in [1.807, 2.05) is 30.3 Å². The van der Waals surface area contributed by atoms with E-state index in [4.69, 9.17) is 4.74 Å². The number of amides is 1. The summed E-state index contributed by atoms with van der Waals surface area (Å²) in [6.07, 6.45) is 0. The molecule has 1 amide bonds. The fourth-order valence-electron chi connectivity index (χ4n) is 1.64. The third kappa shape index (κ3) is 4.10. The van der Waals surface area contributed by atoms with Crippen LogP contribution in [0.2, 0.25) is 0 Å². The summed E-state index contributed by atoms with van der Waals surface area (Å²) in [7, 11) is 0. The van der Waals surface area contributed by atoms with Crippen molar-refractivity contribution < 1.29 is 14.3 Å². The molecule has 0 bridgehead atoms. The van der Waals surface area contributed by atoms with Crippen molar-refractivity contribution in [3.8, 4) is 0 Å². The van der Waals surface area contributed by atoms with E-state index in [0.717, 1.165) is 5.56 Å². The second-order valence-electron chi connectivity index (χ2n) is 4.01. The maximum Gasteiger partial charge on any atom is 0.302 e. The van der Waals surface area contributed by atoms with Crippen molar-refractivity contribution in [2.75, 3.05) is 12.4 Å². The molecule has 6 heteroatoms. The van der Waals surface area contributed by atoms with Gasteiger partial charge in [0.2, 0.25) is 0 Å². The average Bonchev–Trinajstić information content (AvgIpc) is 2.81. The van der Waals surface area contributed by atoms with Crippen LogP contribution in [0, 0.1) is 0 Å². The van der Waals surface area contributed by atoms with Crippen LogP contribution >= 0.6 is 11.8 Å². The van der Waals surface area contributed by atoms with Gasteiger partial charge in [0.1, 0.15) is 6.61 Å². The average molecular weight is 278 g/mol. The Kier molecular flexibility index (Phi) is 4.57. The van der Waals surface area contributed by atoms with E-state index in [1.165, 1.54) is 18.7 Å². The Balaban J connectivity index is 2.08. The molecule has 0 aliphatic carbocycles. The van der Waals surface area contributed by atoms with Crippen molar-refractivity contribution in [3.05, 3.63) is 35.9 Å². The van der Waals surface area contributed by atoms with Gasteiger partial charge in [-0.1, -0.05) is 42.1 Å². The molecular weight excluding hydrogens is 264 g/mol. The summed E-state index contributed by atoms with van der Waals surface area (Å²) in [5, 5.41) is 3.71. The Bertz CT molecular complexity index is 502. The fourth-order valence-corrected chi connectivity index (χ4v) is 2.35. The van der Waals surface area contributed by atoms with Gasteiger partial charge in [0.05, 0.1) is 11.8 Å². The van der Waals surface area contributed by atoms with Crippen LogP contribution in [0.15, 0.2) is 35.3 Å². The lowest BCUT2D eigenvalue weighted by molar-refractivity contribution is -0.141. The minimum Gasteiger partial charge on any atom is -0.463 e. The first kappa shape index (κ1) is 13.6. The van der Waals surface area contributed by atoms with Crippen LogP contribution < -0.4 is 5.32 Å². The minimum atomic E-state index is -0.333. The maximum atomic E-state index is 11.1. The van der Waals surface area contributed by atoms with Crippen LogP contribution in [-0.4, -0.2) is 29.4 Å². The summed E-state index contributed by atoms with van der Waals surface area (Å²) in [4.78, 5) is 25.9. The van der Waals surface area contributed by atoms with Crippen LogP contribution in [0.25, 0.3) is 0 Å². The van der Waals surface area contributed by atoms with E-state index in [1.54, 1.807) is 0 Å². The molecule has 0 fully saturated rings. The Morgan fingerprint density at radius 2 is 2.21 bits per heavy atom. The first-order valence-corrected chi connectivity index (χ1v) is 6.83. The third-order valence-corrected chi connectivity index (χ3v) is 3.39. The number of nitrogens with one attached hydrogen (secondary N) is 1. The molecule has 1 aromatic rings. The van der Waals surface area contributed by atoms with E-state index in [2.05, 4.69) is 10.3 Å². The van der Waals surface area contributed by atoms with Crippen LogP contribution in [0.5, 0.6) is 0 Å². The molecule has 1 aliphatic rings. The normalized spacial score (nSPS) is 15.8. The number of ether oxygens (including phenoxy) is 1. The Labute approximate surface area is 115 Å². The molecule has 0 radical (unpaired) electrons. The Hall–Kier alpha value is -1.82. The van der Waals surface area contributed by atoms with Crippen LogP contribution in [-0.2, 0) is 14.3 Å². The predicted octanol–water partition coefficient (Wildman–Crippen LogP) is 1.51. The smallest absolute Gasteiger partial charge is 0.302 e. The van der Waals surface area contributed by atoms with Crippen molar-refractivity contribution in [2.45, 2.75) is 13.0 Å². The van der Waals surface area contributed by atoms with Gasteiger partial charge in [-0.05, 0) is 5.56 Å². The standard InChI is InChI=1S/C13H14N2O3S/c1-9(16)18-7-11(10-5-3-2-4-6-10)14-13-15-12(17)8-19-13/h2-6,11H,7-8H2,1H3,(H,14,15,17)/t11-/m0/s1. The Morgan fingerprint density at radius 3 is 2.79 bits per heavy atom. The lowest BCUT2D eigenvalue weighted by Gasteiger charge is -2.19. The van der Waals surface area contributed by atoms with Gasteiger partial charge in [-0.2, -0.15) is 4.99 Å². The largest absolute Gasteiger partial charge is 0.463 e. The van der Waals surface area contributed by atoms with Crippen molar-refractivity contribution in [2.24, 2.45) is 4.99 Å². The van der Waals surface area contributed by atoms with Crippen molar-refractivity contribution in [3.63, 3.8) is 0 Å². The monoisotopic (exact) mass is 278 g/mol. The van der Waals surface area contributed by atoms with Crippen LogP contribution in [0.3, 0.4) is 0 Å². The third-order valence-electron chi connectivity index (χ3n) is 2.51.